The number of alkyl halides is 3. The Morgan fingerprint density at radius 1 is 1.10 bits per heavy atom. The molecule has 1 heterocycles. The topological polar surface area (TPSA) is 29.5 Å². The number of benzene rings is 1. The van der Waals surface area contributed by atoms with E-state index in [1.165, 1.54) is 17.7 Å². The van der Waals surface area contributed by atoms with Gasteiger partial charge in [0, 0.05) is 13.1 Å². The van der Waals surface area contributed by atoms with Crippen molar-refractivity contribution >= 4 is 12.2 Å². The first kappa shape index (κ1) is 21.7. The van der Waals surface area contributed by atoms with Crippen molar-refractivity contribution in [3.8, 4) is 0 Å². The van der Waals surface area contributed by atoms with Gasteiger partial charge in [0.05, 0.1) is 5.56 Å². The summed E-state index contributed by atoms with van der Waals surface area (Å²) in [5.41, 5.74) is 1.79. The van der Waals surface area contributed by atoms with Gasteiger partial charge in [0.2, 0.25) is 0 Å². The molecule has 1 aromatic rings. The average molecular weight is 409 g/mol. The molecular weight excluding hydrogens is 379 g/mol. The minimum Gasteiger partial charge on any atom is -0.444 e. The van der Waals surface area contributed by atoms with E-state index in [2.05, 4.69) is 0 Å². The highest BCUT2D eigenvalue weighted by molar-refractivity contribution is 5.69. The van der Waals surface area contributed by atoms with Crippen molar-refractivity contribution in [3.05, 3.63) is 40.5 Å². The van der Waals surface area contributed by atoms with Crippen LogP contribution in [0.3, 0.4) is 0 Å². The summed E-state index contributed by atoms with van der Waals surface area (Å²) in [7, 11) is 0. The summed E-state index contributed by atoms with van der Waals surface area (Å²) in [6, 6.07) is 4.14. The second-order valence-corrected chi connectivity index (χ2v) is 9.09. The molecule has 1 saturated carbocycles. The molecule has 0 N–H and O–H groups in total. The van der Waals surface area contributed by atoms with E-state index in [1.54, 1.807) is 11.0 Å². The van der Waals surface area contributed by atoms with Gasteiger partial charge in [-0.25, -0.2) is 4.79 Å². The summed E-state index contributed by atoms with van der Waals surface area (Å²) in [4.78, 5) is 13.9. The van der Waals surface area contributed by atoms with Gasteiger partial charge in [-0.2, -0.15) is 13.2 Å². The first-order valence-electron chi connectivity index (χ1n) is 10.4. The normalized spacial score (nSPS) is 18.8. The Balaban J connectivity index is 1.76. The number of carbonyl (C=O) groups excluding carboxylic acids is 1. The monoisotopic (exact) mass is 409 g/mol. The molecule has 1 aromatic carbocycles. The van der Waals surface area contributed by atoms with Crippen LogP contribution in [0.15, 0.2) is 23.8 Å². The van der Waals surface area contributed by atoms with Crippen LogP contribution in [0.1, 0.15) is 81.9 Å². The molecule has 0 aromatic heterocycles. The van der Waals surface area contributed by atoms with Crippen molar-refractivity contribution in [2.75, 3.05) is 13.1 Å². The third kappa shape index (κ3) is 5.77. The van der Waals surface area contributed by atoms with Gasteiger partial charge in [0.25, 0.3) is 0 Å². The molecule has 0 spiro atoms. The van der Waals surface area contributed by atoms with E-state index in [4.69, 9.17) is 4.74 Å². The van der Waals surface area contributed by atoms with Crippen molar-refractivity contribution in [1.82, 2.24) is 4.90 Å². The smallest absolute Gasteiger partial charge is 0.416 e. The first-order valence-corrected chi connectivity index (χ1v) is 10.4. The average Bonchev–Trinajstić information content (AvgIpc) is 3.14. The molecule has 0 atom stereocenters. The van der Waals surface area contributed by atoms with E-state index < -0.39 is 17.3 Å². The SMILES string of the molecule is CC(C)(C)OC(=O)N1CCC(=Cc2ccc(C(F)(F)F)cc2C2CCCC2)CC1. The van der Waals surface area contributed by atoms with Crippen molar-refractivity contribution in [2.24, 2.45) is 0 Å². The molecule has 1 aliphatic carbocycles. The highest BCUT2D eigenvalue weighted by atomic mass is 19.4. The van der Waals surface area contributed by atoms with Crippen molar-refractivity contribution in [1.29, 1.82) is 0 Å². The van der Waals surface area contributed by atoms with E-state index in [0.717, 1.165) is 36.8 Å². The van der Waals surface area contributed by atoms with Gasteiger partial charge in [0.15, 0.2) is 0 Å². The van der Waals surface area contributed by atoms with E-state index in [0.29, 0.717) is 25.9 Å². The fourth-order valence-electron chi connectivity index (χ4n) is 4.14. The van der Waals surface area contributed by atoms with Crippen LogP contribution in [0.5, 0.6) is 0 Å². The summed E-state index contributed by atoms with van der Waals surface area (Å²) in [5.74, 6) is 0.200. The molecule has 6 heteroatoms. The highest BCUT2D eigenvalue weighted by Gasteiger charge is 2.32. The number of hydrogen-bond acceptors (Lipinski definition) is 2. The fraction of sp³-hybridized carbons (Fsp3) is 0.609. The van der Waals surface area contributed by atoms with E-state index in [-0.39, 0.29) is 12.0 Å². The summed E-state index contributed by atoms with van der Waals surface area (Å²) in [6.07, 6.45) is 2.88. The number of piperidine rings is 1. The zero-order chi connectivity index (χ0) is 21.2. The van der Waals surface area contributed by atoms with Crippen LogP contribution in [0, 0.1) is 0 Å². The Hall–Kier alpha value is -1.98. The lowest BCUT2D eigenvalue weighted by Gasteiger charge is -2.31. The number of ether oxygens (including phenoxy) is 1. The predicted octanol–water partition coefficient (Wildman–Crippen LogP) is 6.78. The minimum atomic E-state index is -4.32. The number of carbonyl (C=O) groups is 1. The molecule has 1 amide bonds. The predicted molar refractivity (Wildman–Crippen MR) is 108 cm³/mol. The molecule has 3 nitrogen and oxygen atoms in total. The highest BCUT2D eigenvalue weighted by Crippen LogP contribution is 2.40. The number of nitrogens with zero attached hydrogens (tertiary/aromatic N) is 1. The second kappa shape index (κ2) is 8.41. The number of rotatable bonds is 2. The van der Waals surface area contributed by atoms with Gasteiger partial charge in [-0.15, -0.1) is 0 Å². The third-order valence-corrected chi connectivity index (χ3v) is 5.63. The van der Waals surface area contributed by atoms with Crippen molar-refractivity contribution in [3.63, 3.8) is 0 Å². The minimum absolute atomic E-state index is 0.200. The lowest BCUT2D eigenvalue weighted by molar-refractivity contribution is -0.137. The maximum Gasteiger partial charge on any atom is 0.416 e. The fourth-order valence-corrected chi connectivity index (χ4v) is 4.14. The molecular formula is C23H30F3NO2. The number of amides is 1. The Morgan fingerprint density at radius 3 is 2.28 bits per heavy atom. The Bertz CT molecular complexity index is 761. The van der Waals surface area contributed by atoms with Gasteiger partial charge < -0.3 is 9.64 Å². The lowest BCUT2D eigenvalue weighted by Crippen LogP contribution is -2.40. The molecule has 160 valence electrons. The third-order valence-electron chi connectivity index (χ3n) is 5.63. The summed E-state index contributed by atoms with van der Waals surface area (Å²) >= 11 is 0. The zero-order valence-electron chi connectivity index (χ0n) is 17.4. The molecule has 0 unspecified atom stereocenters. The number of likely N-dealkylation sites (tertiary alicyclic amines) is 1. The van der Waals surface area contributed by atoms with Gasteiger partial charge in [-0.05, 0) is 75.6 Å². The Kier molecular flexibility index (Phi) is 6.30. The number of halogens is 3. The van der Waals surface area contributed by atoms with Gasteiger partial charge in [-0.3, -0.25) is 0 Å². The molecule has 2 fully saturated rings. The molecule has 0 bridgehead atoms. The van der Waals surface area contributed by atoms with Crippen LogP contribution in [-0.2, 0) is 10.9 Å². The van der Waals surface area contributed by atoms with Crippen molar-refractivity contribution < 1.29 is 22.7 Å². The maximum absolute atomic E-state index is 13.2. The Labute approximate surface area is 170 Å². The van der Waals surface area contributed by atoms with E-state index in [1.807, 2.05) is 26.8 Å². The van der Waals surface area contributed by atoms with E-state index >= 15 is 0 Å². The maximum atomic E-state index is 13.2. The van der Waals surface area contributed by atoms with Crippen LogP contribution in [-0.4, -0.2) is 29.7 Å². The summed E-state index contributed by atoms with van der Waals surface area (Å²) < 4.78 is 45.1. The van der Waals surface area contributed by atoms with Gasteiger partial charge >= 0.3 is 12.3 Å². The molecule has 1 aliphatic heterocycles. The van der Waals surface area contributed by atoms with E-state index in [9.17, 15) is 18.0 Å². The molecule has 0 radical (unpaired) electrons. The van der Waals surface area contributed by atoms with Crippen LogP contribution < -0.4 is 0 Å². The lowest BCUT2D eigenvalue weighted by atomic mass is 9.89. The molecule has 29 heavy (non-hydrogen) atoms. The van der Waals surface area contributed by atoms with Gasteiger partial charge in [-0.1, -0.05) is 30.6 Å². The standard InChI is InChI=1S/C23H30F3NO2/c1-22(2,3)29-21(28)27-12-10-16(11-13-27)14-18-8-9-19(23(24,25)26)15-20(18)17-6-4-5-7-17/h8-9,14-15,17H,4-7,10-13H2,1-3H3. The van der Waals surface area contributed by atoms with Crippen LogP contribution in [0.2, 0.25) is 0 Å². The zero-order valence-corrected chi connectivity index (χ0v) is 17.4. The molecule has 3 rings (SSSR count). The van der Waals surface area contributed by atoms with Gasteiger partial charge in [0.1, 0.15) is 5.60 Å². The van der Waals surface area contributed by atoms with Crippen LogP contribution in [0.4, 0.5) is 18.0 Å². The first-order chi connectivity index (χ1) is 13.5. The summed E-state index contributed by atoms with van der Waals surface area (Å²) in [5, 5.41) is 0. The number of hydrogen-bond donors (Lipinski definition) is 0. The molecule has 1 saturated heterocycles. The quantitative estimate of drug-likeness (QED) is 0.539. The van der Waals surface area contributed by atoms with Crippen molar-refractivity contribution in [2.45, 2.75) is 77.0 Å². The second-order valence-electron chi connectivity index (χ2n) is 9.09. The van der Waals surface area contributed by atoms with Crippen LogP contribution >= 0.6 is 0 Å². The summed E-state index contributed by atoms with van der Waals surface area (Å²) in [6.45, 7) is 6.67. The molecule has 2 aliphatic rings. The Morgan fingerprint density at radius 2 is 1.72 bits per heavy atom. The largest absolute Gasteiger partial charge is 0.444 e. The van der Waals surface area contributed by atoms with Crippen LogP contribution in [0.25, 0.3) is 6.08 Å².